The van der Waals surface area contributed by atoms with Gasteiger partial charge in [-0.15, -0.1) is 0 Å². The van der Waals surface area contributed by atoms with Crippen molar-refractivity contribution in [2.45, 2.75) is 18.8 Å². The van der Waals surface area contributed by atoms with E-state index in [1.165, 1.54) is 17.5 Å². The average Bonchev–Trinajstić information content (AvgIpc) is 2.70. The topological polar surface area (TPSA) is 30.5 Å². The smallest absolute Gasteiger partial charge is 0.161 e. The molecule has 1 aromatic carbocycles. The Bertz CT molecular complexity index is 376. The highest BCUT2D eigenvalue weighted by atomic mass is 16.5. The van der Waals surface area contributed by atoms with Crippen molar-refractivity contribution in [1.29, 1.82) is 0 Å². The first kappa shape index (κ1) is 11.3. The van der Waals surface area contributed by atoms with Crippen LogP contribution in [-0.4, -0.2) is 27.8 Å². The number of fused-ring (bicyclic) bond motifs is 1. The molecular weight excluding hydrogens is 202 g/mol. The molecule has 1 unspecified atom stereocenters. The summed E-state index contributed by atoms with van der Waals surface area (Å²) in [6.07, 6.45) is 2.36. The quantitative estimate of drug-likeness (QED) is 0.843. The number of ether oxygens (including phenoxy) is 2. The normalized spacial score (nSPS) is 18.3. The van der Waals surface area contributed by atoms with E-state index in [1.807, 2.05) is 7.05 Å². The van der Waals surface area contributed by atoms with Crippen LogP contribution >= 0.6 is 0 Å². The van der Waals surface area contributed by atoms with Crippen LogP contribution in [0.2, 0.25) is 0 Å². The molecule has 3 nitrogen and oxygen atoms in total. The van der Waals surface area contributed by atoms with Crippen LogP contribution in [0.15, 0.2) is 12.1 Å². The molecular formula is C13H19NO2. The molecule has 1 aliphatic rings. The molecule has 0 spiro atoms. The first-order valence-electron chi connectivity index (χ1n) is 5.69. The minimum Gasteiger partial charge on any atom is -0.493 e. The second kappa shape index (κ2) is 4.74. The minimum absolute atomic E-state index is 0.611. The van der Waals surface area contributed by atoms with Crippen molar-refractivity contribution in [3.8, 4) is 11.5 Å². The molecule has 0 heterocycles. The van der Waals surface area contributed by atoms with Crippen molar-refractivity contribution in [2.75, 3.05) is 27.8 Å². The van der Waals surface area contributed by atoms with Crippen molar-refractivity contribution < 1.29 is 9.47 Å². The monoisotopic (exact) mass is 221 g/mol. The third-order valence-electron chi connectivity index (χ3n) is 3.30. The Balaban J connectivity index is 2.36. The van der Waals surface area contributed by atoms with Crippen molar-refractivity contribution in [1.82, 2.24) is 5.32 Å². The highest BCUT2D eigenvalue weighted by Crippen LogP contribution is 2.39. The maximum absolute atomic E-state index is 5.34. The number of rotatable bonds is 4. The van der Waals surface area contributed by atoms with Crippen LogP contribution in [0, 0.1) is 0 Å². The lowest BCUT2D eigenvalue weighted by Gasteiger charge is -2.14. The van der Waals surface area contributed by atoms with Crippen LogP contribution in [0.1, 0.15) is 23.5 Å². The highest BCUT2D eigenvalue weighted by molar-refractivity contribution is 5.50. The number of aryl methyl sites for hydroxylation is 1. The van der Waals surface area contributed by atoms with Gasteiger partial charge in [-0.05, 0) is 49.1 Å². The lowest BCUT2D eigenvalue weighted by molar-refractivity contribution is 0.354. The number of benzene rings is 1. The van der Waals surface area contributed by atoms with E-state index in [0.29, 0.717) is 5.92 Å². The molecule has 1 aliphatic carbocycles. The summed E-state index contributed by atoms with van der Waals surface area (Å²) in [6.45, 7) is 1.03. The van der Waals surface area contributed by atoms with Crippen molar-refractivity contribution >= 4 is 0 Å². The number of methoxy groups -OCH3 is 2. The fourth-order valence-electron chi connectivity index (χ4n) is 2.48. The van der Waals surface area contributed by atoms with Crippen LogP contribution in [0.3, 0.4) is 0 Å². The first-order chi connectivity index (χ1) is 7.80. The van der Waals surface area contributed by atoms with E-state index in [-0.39, 0.29) is 0 Å². The molecule has 2 rings (SSSR count). The summed E-state index contributed by atoms with van der Waals surface area (Å²) in [5.74, 6) is 2.29. The van der Waals surface area contributed by atoms with Crippen LogP contribution in [0.25, 0.3) is 0 Å². The van der Waals surface area contributed by atoms with E-state index >= 15 is 0 Å². The fraction of sp³-hybridized carbons (Fsp3) is 0.538. The summed E-state index contributed by atoms with van der Waals surface area (Å²) in [5, 5.41) is 3.24. The predicted molar refractivity (Wildman–Crippen MR) is 64.5 cm³/mol. The number of nitrogens with one attached hydrogen (secondary N) is 1. The SMILES string of the molecule is CNCC1CCc2cc(OC)c(OC)cc21. The summed E-state index contributed by atoms with van der Waals surface area (Å²) in [4.78, 5) is 0. The highest BCUT2D eigenvalue weighted by Gasteiger charge is 2.24. The van der Waals surface area contributed by atoms with Crippen LogP contribution < -0.4 is 14.8 Å². The van der Waals surface area contributed by atoms with Gasteiger partial charge in [0.05, 0.1) is 14.2 Å². The van der Waals surface area contributed by atoms with Crippen molar-refractivity contribution in [3.63, 3.8) is 0 Å². The third kappa shape index (κ3) is 1.87. The van der Waals surface area contributed by atoms with Gasteiger partial charge in [0, 0.05) is 6.54 Å². The molecule has 0 radical (unpaired) electrons. The molecule has 0 amide bonds. The van der Waals surface area contributed by atoms with Gasteiger partial charge in [-0.2, -0.15) is 0 Å². The van der Waals surface area contributed by atoms with Gasteiger partial charge in [0.25, 0.3) is 0 Å². The van der Waals surface area contributed by atoms with Crippen LogP contribution in [-0.2, 0) is 6.42 Å². The zero-order valence-corrected chi connectivity index (χ0v) is 10.2. The van der Waals surface area contributed by atoms with E-state index < -0.39 is 0 Å². The Morgan fingerprint density at radius 2 is 1.94 bits per heavy atom. The van der Waals surface area contributed by atoms with Crippen molar-refractivity contribution in [2.24, 2.45) is 0 Å². The van der Waals surface area contributed by atoms with Crippen LogP contribution in [0.5, 0.6) is 11.5 Å². The van der Waals surface area contributed by atoms with Gasteiger partial charge in [0.2, 0.25) is 0 Å². The summed E-state index contributed by atoms with van der Waals surface area (Å²) in [5.41, 5.74) is 2.81. The Kier molecular flexibility index (Phi) is 3.34. The van der Waals surface area contributed by atoms with Crippen LogP contribution in [0.4, 0.5) is 0 Å². The van der Waals surface area contributed by atoms with Gasteiger partial charge in [-0.25, -0.2) is 0 Å². The number of likely N-dealkylation sites (N-methyl/N-ethyl adjacent to an activating group) is 1. The summed E-state index contributed by atoms with van der Waals surface area (Å²) in [7, 11) is 5.37. The Hall–Kier alpha value is -1.22. The zero-order chi connectivity index (χ0) is 11.5. The Morgan fingerprint density at radius 1 is 1.25 bits per heavy atom. The van der Waals surface area contributed by atoms with Gasteiger partial charge in [0.15, 0.2) is 11.5 Å². The molecule has 88 valence electrons. The van der Waals surface area contributed by atoms with Crippen molar-refractivity contribution in [3.05, 3.63) is 23.3 Å². The van der Waals surface area contributed by atoms with Gasteiger partial charge < -0.3 is 14.8 Å². The Labute approximate surface area is 96.8 Å². The second-order valence-electron chi connectivity index (χ2n) is 4.20. The first-order valence-corrected chi connectivity index (χ1v) is 5.69. The maximum Gasteiger partial charge on any atom is 0.161 e. The number of hydrogen-bond donors (Lipinski definition) is 1. The van der Waals surface area contributed by atoms with Gasteiger partial charge >= 0.3 is 0 Å². The summed E-state index contributed by atoms with van der Waals surface area (Å²) in [6, 6.07) is 4.24. The molecule has 0 saturated heterocycles. The molecule has 3 heteroatoms. The maximum atomic E-state index is 5.34. The summed E-state index contributed by atoms with van der Waals surface area (Å²) >= 11 is 0. The summed E-state index contributed by atoms with van der Waals surface area (Å²) < 4.78 is 10.7. The van der Waals surface area contributed by atoms with E-state index in [9.17, 15) is 0 Å². The average molecular weight is 221 g/mol. The molecule has 16 heavy (non-hydrogen) atoms. The predicted octanol–water partition coefficient (Wildman–Crippen LogP) is 1.95. The molecule has 0 aromatic heterocycles. The zero-order valence-electron chi connectivity index (χ0n) is 10.2. The molecule has 1 N–H and O–H groups in total. The molecule has 1 aromatic rings. The lowest BCUT2D eigenvalue weighted by Crippen LogP contribution is -2.15. The standard InChI is InChI=1S/C13H19NO2/c1-14-8-10-5-4-9-6-12(15-2)13(16-3)7-11(9)10/h6-7,10,14H,4-5,8H2,1-3H3. The molecule has 0 fully saturated rings. The third-order valence-corrected chi connectivity index (χ3v) is 3.30. The van der Waals surface area contributed by atoms with Gasteiger partial charge in [0.1, 0.15) is 0 Å². The second-order valence-corrected chi connectivity index (χ2v) is 4.20. The van der Waals surface area contributed by atoms with Gasteiger partial charge in [-0.1, -0.05) is 0 Å². The van der Waals surface area contributed by atoms with E-state index in [0.717, 1.165) is 24.5 Å². The largest absolute Gasteiger partial charge is 0.493 e. The number of hydrogen-bond acceptors (Lipinski definition) is 3. The molecule has 0 bridgehead atoms. The molecule has 0 saturated carbocycles. The minimum atomic E-state index is 0.611. The fourth-order valence-corrected chi connectivity index (χ4v) is 2.48. The molecule has 0 aliphatic heterocycles. The van der Waals surface area contributed by atoms with Gasteiger partial charge in [-0.3, -0.25) is 0 Å². The Morgan fingerprint density at radius 3 is 2.56 bits per heavy atom. The lowest BCUT2D eigenvalue weighted by atomic mass is 10.0. The van der Waals surface area contributed by atoms with E-state index in [1.54, 1.807) is 14.2 Å². The molecule has 1 atom stereocenters. The van der Waals surface area contributed by atoms with E-state index in [2.05, 4.69) is 17.4 Å². The van der Waals surface area contributed by atoms with E-state index in [4.69, 9.17) is 9.47 Å².